The number of benzene rings is 2. The van der Waals surface area contributed by atoms with Gasteiger partial charge in [0.25, 0.3) is 0 Å². The number of rotatable bonds is 7. The summed E-state index contributed by atoms with van der Waals surface area (Å²) in [5.74, 6) is -0.482. The quantitative estimate of drug-likeness (QED) is 0.528. The molecule has 1 aliphatic heterocycles. The molecule has 1 aliphatic rings. The third kappa shape index (κ3) is 4.81. The van der Waals surface area contributed by atoms with Crippen molar-refractivity contribution in [3.8, 4) is 0 Å². The van der Waals surface area contributed by atoms with Crippen LogP contribution in [-0.4, -0.2) is 44.3 Å². The Labute approximate surface area is 186 Å². The predicted octanol–water partition coefficient (Wildman–Crippen LogP) is 4.29. The van der Waals surface area contributed by atoms with E-state index in [0.29, 0.717) is 18.3 Å². The molecule has 1 fully saturated rings. The summed E-state index contributed by atoms with van der Waals surface area (Å²) in [6, 6.07) is 12.3. The molecule has 0 aliphatic carbocycles. The van der Waals surface area contributed by atoms with Crippen molar-refractivity contribution in [2.24, 2.45) is 0 Å². The smallest absolute Gasteiger partial charge is 0.229 e. The molecule has 1 unspecified atom stereocenters. The zero-order chi connectivity index (χ0) is 22.0. The maximum atomic E-state index is 13.2. The molecule has 164 valence electrons. The Bertz CT molecular complexity index is 1180. The maximum Gasteiger partial charge on any atom is 0.229 e. The molecule has 1 amide bonds. The van der Waals surface area contributed by atoms with Gasteiger partial charge in [0.2, 0.25) is 5.91 Å². The topological polar surface area (TPSA) is 76.6 Å². The summed E-state index contributed by atoms with van der Waals surface area (Å²) < 4.78 is 32.1. The lowest BCUT2D eigenvalue weighted by Gasteiger charge is -2.23. The molecule has 2 heterocycles. The number of nitrogens with zero attached hydrogens (tertiary/aromatic N) is 2. The van der Waals surface area contributed by atoms with Crippen molar-refractivity contribution < 1.29 is 17.9 Å². The van der Waals surface area contributed by atoms with E-state index in [1.165, 1.54) is 11.3 Å². The predicted molar refractivity (Wildman–Crippen MR) is 124 cm³/mol. The van der Waals surface area contributed by atoms with Crippen LogP contribution in [0, 0.1) is 13.8 Å². The summed E-state index contributed by atoms with van der Waals surface area (Å²) in [6.45, 7) is 5.15. The number of hydrogen-bond acceptors (Lipinski definition) is 6. The first-order valence-electron chi connectivity index (χ1n) is 10.4. The molecule has 1 saturated heterocycles. The fourth-order valence-electron chi connectivity index (χ4n) is 3.71. The van der Waals surface area contributed by atoms with E-state index >= 15 is 0 Å². The van der Waals surface area contributed by atoms with E-state index in [0.717, 1.165) is 34.2 Å². The summed E-state index contributed by atoms with van der Waals surface area (Å²) in [4.78, 5) is 19.8. The number of aryl methyl sites for hydroxylation is 2. The standard InChI is InChI=1S/C23H26N2O4S2/c1-16-10-11-20-22(17(16)2)24-23(30-20)25(15-18-7-6-13-29-18)21(26)12-14-31(27,28)19-8-4-3-5-9-19/h3-5,8-11,18H,6-7,12-15H2,1-2H3. The highest BCUT2D eigenvalue weighted by Crippen LogP contribution is 2.33. The summed E-state index contributed by atoms with van der Waals surface area (Å²) in [6.07, 6.45) is 1.70. The molecule has 0 bridgehead atoms. The van der Waals surface area contributed by atoms with Gasteiger partial charge in [0.05, 0.1) is 33.5 Å². The zero-order valence-corrected chi connectivity index (χ0v) is 19.3. The highest BCUT2D eigenvalue weighted by Gasteiger charge is 2.27. The Morgan fingerprint density at radius 2 is 1.97 bits per heavy atom. The number of anilines is 1. The van der Waals surface area contributed by atoms with Gasteiger partial charge in [0.1, 0.15) is 0 Å². The Morgan fingerprint density at radius 3 is 2.68 bits per heavy atom. The summed E-state index contributed by atoms with van der Waals surface area (Å²) in [7, 11) is -3.53. The van der Waals surface area contributed by atoms with E-state index in [1.807, 2.05) is 19.9 Å². The summed E-state index contributed by atoms with van der Waals surface area (Å²) in [5, 5.41) is 0.598. The highest BCUT2D eigenvalue weighted by molar-refractivity contribution is 7.91. The minimum Gasteiger partial charge on any atom is -0.376 e. The van der Waals surface area contributed by atoms with Crippen LogP contribution < -0.4 is 4.90 Å². The summed E-state index contributed by atoms with van der Waals surface area (Å²) in [5.41, 5.74) is 3.13. The van der Waals surface area contributed by atoms with Gasteiger partial charge in [0, 0.05) is 13.0 Å². The van der Waals surface area contributed by atoms with Gasteiger partial charge >= 0.3 is 0 Å². The van der Waals surface area contributed by atoms with Crippen LogP contribution in [0.3, 0.4) is 0 Å². The van der Waals surface area contributed by atoms with Gasteiger partial charge in [-0.3, -0.25) is 9.69 Å². The number of fused-ring (bicyclic) bond motifs is 1. The molecule has 0 radical (unpaired) electrons. The van der Waals surface area contributed by atoms with E-state index in [1.54, 1.807) is 35.2 Å². The zero-order valence-electron chi connectivity index (χ0n) is 17.7. The number of ether oxygens (including phenoxy) is 1. The van der Waals surface area contributed by atoms with E-state index in [-0.39, 0.29) is 29.1 Å². The monoisotopic (exact) mass is 458 g/mol. The normalized spacial score (nSPS) is 16.6. The largest absolute Gasteiger partial charge is 0.376 e. The second kappa shape index (κ2) is 9.06. The van der Waals surface area contributed by atoms with Crippen LogP contribution in [0.1, 0.15) is 30.4 Å². The molecule has 6 nitrogen and oxygen atoms in total. The van der Waals surface area contributed by atoms with E-state index in [2.05, 4.69) is 6.07 Å². The van der Waals surface area contributed by atoms with Gasteiger partial charge in [0.15, 0.2) is 15.0 Å². The van der Waals surface area contributed by atoms with Crippen molar-refractivity contribution in [3.63, 3.8) is 0 Å². The van der Waals surface area contributed by atoms with Gasteiger partial charge in [-0.2, -0.15) is 0 Å². The van der Waals surface area contributed by atoms with Crippen molar-refractivity contribution >= 4 is 42.4 Å². The van der Waals surface area contributed by atoms with Gasteiger partial charge in [-0.15, -0.1) is 0 Å². The van der Waals surface area contributed by atoms with Crippen LogP contribution in [0.2, 0.25) is 0 Å². The minimum atomic E-state index is -3.53. The number of aromatic nitrogens is 1. The second-order valence-corrected chi connectivity index (χ2v) is 11.0. The molecular weight excluding hydrogens is 432 g/mol. The van der Waals surface area contributed by atoms with Crippen molar-refractivity contribution in [2.75, 3.05) is 23.8 Å². The Morgan fingerprint density at radius 1 is 1.19 bits per heavy atom. The lowest BCUT2D eigenvalue weighted by Crippen LogP contribution is -2.38. The Kier molecular flexibility index (Phi) is 6.41. The molecule has 2 aromatic carbocycles. The highest BCUT2D eigenvalue weighted by atomic mass is 32.2. The first kappa shape index (κ1) is 21.9. The first-order chi connectivity index (χ1) is 14.8. The van der Waals surface area contributed by atoms with Gasteiger partial charge in [-0.25, -0.2) is 13.4 Å². The fourth-order valence-corrected chi connectivity index (χ4v) is 6.01. The molecule has 1 atom stereocenters. The molecule has 0 saturated carbocycles. The lowest BCUT2D eigenvalue weighted by molar-refractivity contribution is -0.118. The Balaban J connectivity index is 1.59. The SMILES string of the molecule is Cc1ccc2sc(N(CC3CCCO3)C(=O)CCS(=O)(=O)c3ccccc3)nc2c1C. The number of amides is 1. The van der Waals surface area contributed by atoms with E-state index < -0.39 is 9.84 Å². The van der Waals surface area contributed by atoms with E-state index in [9.17, 15) is 13.2 Å². The van der Waals surface area contributed by atoms with Crippen molar-refractivity contribution in [3.05, 3.63) is 53.6 Å². The molecular formula is C23H26N2O4S2. The van der Waals surface area contributed by atoms with E-state index in [4.69, 9.17) is 9.72 Å². The van der Waals surface area contributed by atoms with Crippen LogP contribution in [0.25, 0.3) is 10.2 Å². The molecule has 0 N–H and O–H groups in total. The van der Waals surface area contributed by atoms with Crippen molar-refractivity contribution in [2.45, 2.75) is 44.1 Å². The number of carbonyl (C=O) groups is 1. The van der Waals surface area contributed by atoms with Crippen LogP contribution in [0.4, 0.5) is 5.13 Å². The first-order valence-corrected chi connectivity index (χ1v) is 12.9. The minimum absolute atomic E-state index is 0.0514. The number of sulfone groups is 1. The second-order valence-electron chi connectivity index (χ2n) is 7.87. The third-order valence-electron chi connectivity index (χ3n) is 5.70. The number of thiazole rings is 1. The van der Waals surface area contributed by atoms with Gasteiger partial charge in [-0.05, 0) is 56.0 Å². The fraction of sp³-hybridized carbons (Fsp3) is 0.391. The molecule has 0 spiro atoms. The average molecular weight is 459 g/mol. The van der Waals surface area contributed by atoms with Crippen LogP contribution in [0.15, 0.2) is 47.4 Å². The number of carbonyl (C=O) groups excluding carboxylic acids is 1. The summed E-state index contributed by atoms with van der Waals surface area (Å²) >= 11 is 1.46. The van der Waals surface area contributed by atoms with Crippen LogP contribution in [-0.2, 0) is 19.4 Å². The maximum absolute atomic E-state index is 13.2. The Hall–Kier alpha value is -2.29. The van der Waals surface area contributed by atoms with Crippen molar-refractivity contribution in [1.29, 1.82) is 0 Å². The van der Waals surface area contributed by atoms with Crippen LogP contribution >= 0.6 is 11.3 Å². The van der Waals surface area contributed by atoms with Crippen LogP contribution in [0.5, 0.6) is 0 Å². The third-order valence-corrected chi connectivity index (χ3v) is 8.48. The molecule has 4 rings (SSSR count). The molecule has 3 aromatic rings. The van der Waals surface area contributed by atoms with Gasteiger partial charge in [-0.1, -0.05) is 35.6 Å². The molecule has 8 heteroatoms. The molecule has 31 heavy (non-hydrogen) atoms. The van der Waals surface area contributed by atoms with Gasteiger partial charge < -0.3 is 4.74 Å². The number of hydrogen-bond donors (Lipinski definition) is 0. The van der Waals surface area contributed by atoms with Crippen molar-refractivity contribution in [1.82, 2.24) is 4.98 Å². The molecule has 1 aromatic heterocycles. The lowest BCUT2D eigenvalue weighted by atomic mass is 10.1. The average Bonchev–Trinajstić information content (AvgIpc) is 3.44.